The fraction of sp³-hybridized carbons (Fsp3) is 0.467. The average Bonchev–Trinajstić information content (AvgIpc) is 2.35. The number of halogens is 2. The Balaban J connectivity index is 2.80. The maximum atomic E-state index is 12.3. The van der Waals surface area contributed by atoms with Crippen molar-refractivity contribution < 1.29 is 14.7 Å². The molecule has 0 fully saturated rings. The van der Waals surface area contributed by atoms with Gasteiger partial charge in [-0.25, -0.2) is 0 Å². The molecule has 0 spiro atoms. The third kappa shape index (κ3) is 6.22. The number of aliphatic hydroxyl groups excluding tert-OH is 1. The van der Waals surface area contributed by atoms with Gasteiger partial charge >= 0.3 is 0 Å². The molecule has 5 nitrogen and oxygen atoms in total. The molecule has 2 amide bonds. The Kier molecular flexibility index (Phi) is 7.13. The largest absolute Gasteiger partial charge is 0.388 e. The van der Waals surface area contributed by atoms with Crippen molar-refractivity contribution in [2.75, 3.05) is 13.1 Å². The number of benzene rings is 1. The average molecular weight is 347 g/mol. The predicted octanol–water partition coefficient (Wildman–Crippen LogP) is 2.39. The lowest BCUT2D eigenvalue weighted by Crippen LogP contribution is -2.41. The molecular formula is C15H20Cl2N2O3. The SMILES string of the molecule is CC(C)CN(CC(N)=O)C(=O)CC(O)c1cc(Cl)cc(Cl)c1. The van der Waals surface area contributed by atoms with E-state index in [1.807, 2.05) is 13.8 Å². The van der Waals surface area contributed by atoms with Gasteiger partial charge < -0.3 is 15.7 Å². The van der Waals surface area contributed by atoms with Gasteiger partial charge in [0.2, 0.25) is 11.8 Å². The Morgan fingerprint density at radius 3 is 2.23 bits per heavy atom. The van der Waals surface area contributed by atoms with Crippen LogP contribution in [0.5, 0.6) is 0 Å². The van der Waals surface area contributed by atoms with Gasteiger partial charge in [0.05, 0.1) is 19.1 Å². The van der Waals surface area contributed by atoms with Crippen LogP contribution in [0.1, 0.15) is 31.9 Å². The summed E-state index contributed by atoms with van der Waals surface area (Å²) in [5.74, 6) is -0.758. The van der Waals surface area contributed by atoms with Gasteiger partial charge in [-0.15, -0.1) is 0 Å². The van der Waals surface area contributed by atoms with Gasteiger partial charge in [0.1, 0.15) is 0 Å². The molecule has 0 aromatic heterocycles. The Morgan fingerprint density at radius 1 is 1.23 bits per heavy atom. The molecule has 122 valence electrons. The highest BCUT2D eigenvalue weighted by Gasteiger charge is 2.21. The van der Waals surface area contributed by atoms with Crippen LogP contribution < -0.4 is 5.73 Å². The van der Waals surface area contributed by atoms with Crippen molar-refractivity contribution in [1.82, 2.24) is 4.90 Å². The summed E-state index contributed by atoms with van der Waals surface area (Å²) >= 11 is 11.8. The van der Waals surface area contributed by atoms with E-state index in [1.165, 1.54) is 4.90 Å². The lowest BCUT2D eigenvalue weighted by atomic mass is 10.1. The highest BCUT2D eigenvalue weighted by Crippen LogP contribution is 2.25. The standard InChI is InChI=1S/C15H20Cl2N2O3/c1-9(2)7-19(8-14(18)21)15(22)6-13(20)10-3-11(16)5-12(17)4-10/h3-5,9,13,20H,6-8H2,1-2H3,(H2,18,21). The number of amides is 2. The second-order valence-corrected chi connectivity index (χ2v) is 6.43. The van der Waals surface area contributed by atoms with E-state index in [9.17, 15) is 14.7 Å². The zero-order valence-corrected chi connectivity index (χ0v) is 14.1. The first-order valence-corrected chi connectivity index (χ1v) is 7.64. The van der Waals surface area contributed by atoms with E-state index < -0.39 is 12.0 Å². The molecule has 0 aliphatic carbocycles. The number of carbonyl (C=O) groups is 2. The molecule has 1 atom stereocenters. The number of carbonyl (C=O) groups excluding carboxylic acids is 2. The van der Waals surface area contributed by atoms with Gasteiger partial charge in [-0.1, -0.05) is 37.0 Å². The van der Waals surface area contributed by atoms with Gasteiger partial charge in [-0.3, -0.25) is 9.59 Å². The maximum absolute atomic E-state index is 12.3. The normalized spacial score (nSPS) is 12.3. The van der Waals surface area contributed by atoms with E-state index in [0.29, 0.717) is 22.2 Å². The fourth-order valence-electron chi connectivity index (χ4n) is 2.06. The molecule has 0 aliphatic rings. The lowest BCUT2D eigenvalue weighted by Gasteiger charge is -2.24. The van der Waals surface area contributed by atoms with Gasteiger partial charge in [-0.2, -0.15) is 0 Å². The number of nitrogens with zero attached hydrogens (tertiary/aromatic N) is 1. The number of nitrogens with two attached hydrogens (primary N) is 1. The summed E-state index contributed by atoms with van der Waals surface area (Å²) in [5.41, 5.74) is 5.61. The molecular weight excluding hydrogens is 327 g/mol. The predicted molar refractivity (Wildman–Crippen MR) is 86.7 cm³/mol. The van der Waals surface area contributed by atoms with E-state index in [-0.39, 0.29) is 24.8 Å². The third-order valence-electron chi connectivity index (χ3n) is 2.92. The number of aliphatic hydroxyl groups is 1. The summed E-state index contributed by atoms with van der Waals surface area (Å²) in [4.78, 5) is 24.7. The molecule has 0 radical (unpaired) electrons. The molecule has 3 N–H and O–H groups in total. The number of hydrogen-bond acceptors (Lipinski definition) is 3. The highest BCUT2D eigenvalue weighted by molar-refractivity contribution is 6.34. The quantitative estimate of drug-likeness (QED) is 0.794. The maximum Gasteiger partial charge on any atom is 0.237 e. The Labute approximate surface area is 140 Å². The number of primary amides is 1. The van der Waals surface area contributed by atoms with Crippen LogP contribution in [0.4, 0.5) is 0 Å². The van der Waals surface area contributed by atoms with Crippen LogP contribution in [-0.2, 0) is 9.59 Å². The molecule has 22 heavy (non-hydrogen) atoms. The first kappa shape index (κ1) is 18.7. The summed E-state index contributed by atoms with van der Waals surface area (Å²) in [6.07, 6.45) is -1.22. The van der Waals surface area contributed by atoms with Crippen LogP contribution in [0.2, 0.25) is 10.0 Å². The van der Waals surface area contributed by atoms with Crippen molar-refractivity contribution in [1.29, 1.82) is 0 Å². The second-order valence-electron chi connectivity index (χ2n) is 5.56. The van der Waals surface area contributed by atoms with Crippen molar-refractivity contribution in [3.8, 4) is 0 Å². The van der Waals surface area contributed by atoms with Crippen molar-refractivity contribution in [2.24, 2.45) is 11.7 Å². The van der Waals surface area contributed by atoms with Crippen LogP contribution >= 0.6 is 23.2 Å². The minimum Gasteiger partial charge on any atom is -0.388 e. The Bertz CT molecular complexity index is 529. The Morgan fingerprint density at radius 2 is 1.77 bits per heavy atom. The third-order valence-corrected chi connectivity index (χ3v) is 3.36. The number of hydrogen-bond donors (Lipinski definition) is 2. The molecule has 1 rings (SSSR count). The zero-order chi connectivity index (χ0) is 16.9. The monoisotopic (exact) mass is 346 g/mol. The van der Waals surface area contributed by atoms with E-state index in [0.717, 1.165) is 0 Å². The topological polar surface area (TPSA) is 83.6 Å². The molecule has 0 saturated carbocycles. The molecule has 0 aliphatic heterocycles. The van der Waals surface area contributed by atoms with E-state index in [4.69, 9.17) is 28.9 Å². The van der Waals surface area contributed by atoms with Gasteiger partial charge in [0.25, 0.3) is 0 Å². The van der Waals surface area contributed by atoms with E-state index >= 15 is 0 Å². The molecule has 1 aromatic rings. The smallest absolute Gasteiger partial charge is 0.237 e. The summed E-state index contributed by atoms with van der Waals surface area (Å²) < 4.78 is 0. The minimum absolute atomic E-state index is 0.167. The van der Waals surface area contributed by atoms with Crippen molar-refractivity contribution in [3.63, 3.8) is 0 Å². The van der Waals surface area contributed by atoms with Gasteiger partial charge in [0.15, 0.2) is 0 Å². The summed E-state index contributed by atoms with van der Waals surface area (Å²) in [6, 6.07) is 4.64. The van der Waals surface area contributed by atoms with Crippen LogP contribution in [0.3, 0.4) is 0 Å². The molecule has 0 bridgehead atoms. The van der Waals surface area contributed by atoms with E-state index in [1.54, 1.807) is 18.2 Å². The van der Waals surface area contributed by atoms with Crippen LogP contribution in [0.15, 0.2) is 18.2 Å². The first-order valence-electron chi connectivity index (χ1n) is 6.89. The van der Waals surface area contributed by atoms with Crippen LogP contribution in [0, 0.1) is 5.92 Å². The second kappa shape index (κ2) is 8.36. The fourth-order valence-corrected chi connectivity index (χ4v) is 2.61. The number of rotatable bonds is 7. The van der Waals surface area contributed by atoms with Crippen LogP contribution in [0.25, 0.3) is 0 Å². The summed E-state index contributed by atoms with van der Waals surface area (Å²) in [7, 11) is 0. The molecule has 0 heterocycles. The lowest BCUT2D eigenvalue weighted by molar-refractivity contribution is -0.137. The molecule has 7 heteroatoms. The van der Waals surface area contributed by atoms with Crippen molar-refractivity contribution in [2.45, 2.75) is 26.4 Å². The van der Waals surface area contributed by atoms with Gasteiger partial charge in [-0.05, 0) is 29.7 Å². The van der Waals surface area contributed by atoms with E-state index in [2.05, 4.69) is 0 Å². The van der Waals surface area contributed by atoms with Crippen molar-refractivity contribution >= 4 is 35.0 Å². The van der Waals surface area contributed by atoms with Crippen LogP contribution in [-0.4, -0.2) is 34.9 Å². The Hall–Kier alpha value is -1.30. The highest BCUT2D eigenvalue weighted by atomic mass is 35.5. The zero-order valence-electron chi connectivity index (χ0n) is 12.6. The first-order chi connectivity index (χ1) is 10.2. The minimum atomic E-state index is -1.05. The van der Waals surface area contributed by atoms with Gasteiger partial charge in [0, 0.05) is 16.6 Å². The summed E-state index contributed by atoms with van der Waals surface area (Å²) in [5, 5.41) is 10.9. The summed E-state index contributed by atoms with van der Waals surface area (Å²) in [6.45, 7) is 4.08. The molecule has 1 aromatic carbocycles. The molecule has 0 saturated heterocycles. The molecule has 1 unspecified atom stereocenters. The van der Waals surface area contributed by atoms with Crippen molar-refractivity contribution in [3.05, 3.63) is 33.8 Å².